The van der Waals surface area contributed by atoms with E-state index in [4.69, 9.17) is 17.2 Å². The number of nitrogens with one attached hydrogen (secondary N) is 16. The van der Waals surface area contributed by atoms with Gasteiger partial charge in [0.05, 0.1) is 13.0 Å². The lowest BCUT2D eigenvalue weighted by Crippen LogP contribution is -2.61. The first-order chi connectivity index (χ1) is 60.2. The van der Waals surface area contributed by atoms with E-state index in [9.17, 15) is 87.5 Å². The smallest absolute Gasteiger partial charge is 0.326 e. The van der Waals surface area contributed by atoms with Crippen molar-refractivity contribution in [2.75, 3.05) is 37.7 Å². The average Bonchev–Trinajstić information content (AvgIpc) is 1.71. The number of primary amides is 1. The number of carbonyl (C=O) groups is 19. The Bertz CT molecular complexity index is 4760. The molecule has 43 nitrogen and oxygen atoms in total. The summed E-state index contributed by atoms with van der Waals surface area (Å²) >= 11 is 8.42. The summed E-state index contributed by atoms with van der Waals surface area (Å²) in [5.41, 5.74) is 18.8. The van der Waals surface area contributed by atoms with Crippen LogP contribution in [0.1, 0.15) is 128 Å². The third-order valence-corrected chi connectivity index (χ3v) is 21.3. The lowest BCUT2D eigenvalue weighted by atomic mass is 9.99. The molecule has 1 fully saturated rings. The molecule has 3 heterocycles. The number of para-hydroxylation sites is 2. The average molecular weight is 1810 g/mol. The van der Waals surface area contributed by atoms with Gasteiger partial charge in [-0.3, -0.25) is 86.3 Å². The molecular formula is C82H114N20O23S2. The third-order valence-electron chi connectivity index (χ3n) is 20.6. The fraction of sp³-hybridized carbons (Fsp3) is 0.500. The van der Waals surface area contributed by atoms with Gasteiger partial charge in [-0.15, -0.1) is 0 Å². The monoisotopic (exact) mass is 1810 g/mol. The molecule has 3 aromatic carbocycles. The number of aliphatic carboxylic acids is 3. The number of H-pyrrole nitrogens is 2. The number of hydrogen-bond donors (Lipinski definition) is 25. The Kier molecular flexibility index (Phi) is 41.2. The van der Waals surface area contributed by atoms with E-state index in [0.717, 1.165) is 4.90 Å². The van der Waals surface area contributed by atoms with Gasteiger partial charge in [0.15, 0.2) is 0 Å². The van der Waals surface area contributed by atoms with Gasteiger partial charge in [0, 0.05) is 97.3 Å². The number of phenolic OH excluding ortho intramolecular Hbond substituents is 1. The van der Waals surface area contributed by atoms with Crippen LogP contribution in [0.5, 0.6) is 5.75 Å². The number of thiol groups is 2. The number of phenols is 1. The zero-order valence-corrected chi connectivity index (χ0v) is 72.5. The predicted molar refractivity (Wildman–Crippen MR) is 465 cm³/mol. The van der Waals surface area contributed by atoms with Crippen molar-refractivity contribution >= 4 is 159 Å². The second kappa shape index (κ2) is 50.9. The zero-order valence-electron chi connectivity index (χ0n) is 70.7. The highest BCUT2D eigenvalue weighted by Gasteiger charge is 2.42. The number of carboxylic acids is 3. The topological polar surface area (TPSA) is 687 Å². The maximum absolute atomic E-state index is 15.3. The lowest BCUT2D eigenvalue weighted by molar-refractivity contribution is -0.144. The van der Waals surface area contributed by atoms with E-state index in [1.54, 1.807) is 68.6 Å². The number of fused-ring (bicyclic) bond motifs is 2. The molecular weight excluding hydrogens is 1700 g/mol. The summed E-state index contributed by atoms with van der Waals surface area (Å²) < 4.78 is 0. The fourth-order valence-corrected chi connectivity index (χ4v) is 14.2. The van der Waals surface area contributed by atoms with Crippen LogP contribution in [0, 0.1) is 5.92 Å². The number of aromatic hydroxyl groups is 1. The number of carbonyl (C=O) groups excluding carboxylic acids is 16. The Hall–Kier alpha value is -12.9. The summed E-state index contributed by atoms with van der Waals surface area (Å²) in [5, 5.41) is 75.6. The molecule has 2 aromatic heterocycles. The number of likely N-dealkylation sites (tertiary alicyclic amines) is 1. The van der Waals surface area contributed by atoms with Crippen molar-refractivity contribution in [3.05, 3.63) is 102 Å². The van der Waals surface area contributed by atoms with Crippen molar-refractivity contribution in [2.45, 2.75) is 216 Å². The molecule has 0 spiro atoms. The SMILES string of the molecule is CC(C)C[C@@H](NC(=O)[C@@H](Cc1c[nH]c2ccccc12)NC(=O)[C@@H](CCC(N)=O)NC(=O)[C@@H](Cc1c[nH]c2ccccc12)NC(=O)[C@@H](CCC(=O)O)NC(=O)[C@H]1CCCN1C(=O)[C@@H](Cc1ccc(O)cc1)NC(=O)[C@@H](CC(=O)O)NC(=O)[C@@H](CS)NC(=O)[C@@H](C)NC(=O)CN)C(=O)N[C@H](CS)C(=O)N[C@H](C)C(=O)N[C@H](C)C(=O)NCCC(=O)N[C@H](CCCCN)C(=O)O. The second-order valence-electron chi connectivity index (χ2n) is 31.0. The van der Waals surface area contributed by atoms with E-state index in [0.29, 0.717) is 57.9 Å². The summed E-state index contributed by atoms with van der Waals surface area (Å²) in [4.78, 5) is 267. The molecule has 1 aliphatic heterocycles. The molecule has 6 rings (SSSR count). The van der Waals surface area contributed by atoms with Crippen LogP contribution in [-0.4, -0.2) is 270 Å². The molecule has 127 heavy (non-hydrogen) atoms. The molecule has 26 N–H and O–H groups in total. The number of amides is 16. The molecule has 16 amide bonds. The summed E-state index contributed by atoms with van der Waals surface area (Å²) in [7, 11) is 0. The minimum atomic E-state index is -1.95. The number of aromatic nitrogens is 2. The van der Waals surface area contributed by atoms with Crippen molar-refractivity contribution in [3.63, 3.8) is 0 Å². The maximum Gasteiger partial charge on any atom is 0.326 e. The Morgan fingerprint density at radius 1 is 0.457 bits per heavy atom. The summed E-state index contributed by atoms with van der Waals surface area (Å²) in [5.74, 6) is -21.0. The largest absolute Gasteiger partial charge is 0.508 e. The minimum absolute atomic E-state index is 0.0875. The summed E-state index contributed by atoms with van der Waals surface area (Å²) in [6, 6.07) is -2.56. The first-order valence-corrected chi connectivity index (χ1v) is 42.5. The van der Waals surface area contributed by atoms with Crippen LogP contribution in [-0.2, 0) is 110 Å². The molecule has 1 saturated heterocycles. The lowest BCUT2D eigenvalue weighted by Gasteiger charge is -2.31. The Morgan fingerprint density at radius 3 is 1.45 bits per heavy atom. The van der Waals surface area contributed by atoms with Crippen molar-refractivity contribution in [1.29, 1.82) is 0 Å². The standard InChI is InChI=1S/C82H114N20O23S2/c1-41(2)31-56(74(116)101-61(39-126)78(120)91-44(5)70(112)90-42(3)69(111)86-29-27-65(105)92-55(82(124)125)17-10-11-28-83)95-76(118)58(34-47-38-88-52-16-9-7-14-50(47)52)97-72(114)53(23-25-64(85)104)93-75(117)57(33-46-37-87-51-15-8-6-13-49(46)51)96-73(115)54(24-26-67(107)108)94-80(122)63-18-12-30-102(63)81(123)60(32-45-19-21-48(103)22-20-45)99-77(119)59(35-68(109)110)98-79(121)62(40-127)100-71(113)43(4)89-66(106)36-84/h6-9,13-16,19-22,37-38,41-44,53-63,87-88,103,126-127H,10-12,17-18,23-36,39-40,83-84H2,1-5H3,(H2,85,104)(H,86,111)(H,89,106)(H,90,112)(H,91,120)(H,92,105)(H,93,117)(H,94,122)(H,95,118)(H,96,115)(H,97,114)(H,98,121)(H,99,119)(H,100,113)(H,101,116)(H,107,108)(H,109,110)(H,124,125)/t42-,43-,44-,53-,54-,55-,56-,57-,58-,59-,60-,61-,62-,63-/m1/s1. The van der Waals surface area contributed by atoms with Gasteiger partial charge in [-0.05, 0) is 126 Å². The molecule has 0 saturated carbocycles. The minimum Gasteiger partial charge on any atom is -0.508 e. The molecule has 0 bridgehead atoms. The number of hydrogen-bond acceptors (Lipinski definition) is 24. The van der Waals surface area contributed by atoms with E-state index < -0.39 is 254 Å². The van der Waals surface area contributed by atoms with Gasteiger partial charge in [-0.25, -0.2) is 4.79 Å². The fourth-order valence-electron chi connectivity index (χ4n) is 13.7. The molecule has 692 valence electrons. The Morgan fingerprint density at radius 2 is 0.913 bits per heavy atom. The Labute approximate surface area is 740 Å². The Balaban J connectivity index is 1.24. The van der Waals surface area contributed by atoms with E-state index in [-0.39, 0.29) is 69.0 Å². The van der Waals surface area contributed by atoms with Crippen LogP contribution in [0.3, 0.4) is 0 Å². The molecule has 0 aliphatic carbocycles. The van der Waals surface area contributed by atoms with Gasteiger partial charge < -0.3 is 127 Å². The predicted octanol–water partition coefficient (Wildman–Crippen LogP) is -4.07. The number of carboxylic acid groups (broad SMARTS) is 3. The van der Waals surface area contributed by atoms with Crippen LogP contribution in [0.15, 0.2) is 85.2 Å². The highest BCUT2D eigenvalue weighted by atomic mass is 32.1. The van der Waals surface area contributed by atoms with Crippen molar-refractivity contribution in [2.24, 2.45) is 23.1 Å². The van der Waals surface area contributed by atoms with Gasteiger partial charge in [-0.1, -0.05) is 62.4 Å². The number of benzene rings is 3. The molecule has 1 aliphatic rings. The summed E-state index contributed by atoms with van der Waals surface area (Å²) in [6.07, 6.45) is -0.889. The van der Waals surface area contributed by atoms with Crippen molar-refractivity contribution in [3.8, 4) is 5.75 Å². The number of rotatable bonds is 53. The molecule has 14 atom stereocenters. The highest BCUT2D eigenvalue weighted by molar-refractivity contribution is 7.80. The van der Waals surface area contributed by atoms with Crippen LogP contribution >= 0.6 is 25.3 Å². The second-order valence-corrected chi connectivity index (χ2v) is 31.7. The summed E-state index contributed by atoms with van der Waals surface area (Å²) in [6.45, 7) is 6.81. The molecule has 0 radical (unpaired) electrons. The third kappa shape index (κ3) is 32.9. The van der Waals surface area contributed by atoms with Gasteiger partial charge in [0.1, 0.15) is 90.3 Å². The maximum atomic E-state index is 15.3. The van der Waals surface area contributed by atoms with Gasteiger partial charge in [0.2, 0.25) is 94.5 Å². The van der Waals surface area contributed by atoms with Gasteiger partial charge in [0.25, 0.3) is 0 Å². The van der Waals surface area contributed by atoms with Gasteiger partial charge in [-0.2, -0.15) is 25.3 Å². The quantitative estimate of drug-likeness (QED) is 0.0130. The number of nitrogens with zero attached hydrogens (tertiary/aromatic N) is 1. The number of unbranched alkanes of at least 4 members (excludes halogenated alkanes) is 1. The van der Waals surface area contributed by atoms with Crippen molar-refractivity contribution < 1.29 is 112 Å². The molecule has 45 heteroatoms. The highest BCUT2D eigenvalue weighted by Crippen LogP contribution is 2.25. The van der Waals surface area contributed by atoms with Crippen LogP contribution in [0.4, 0.5) is 0 Å². The number of aromatic amines is 2. The first kappa shape index (κ1) is 103. The van der Waals surface area contributed by atoms with Crippen molar-refractivity contribution in [1.82, 2.24) is 89.3 Å². The van der Waals surface area contributed by atoms with E-state index in [1.165, 1.54) is 51.2 Å². The van der Waals surface area contributed by atoms with E-state index >= 15 is 24.0 Å². The molecule has 0 unspecified atom stereocenters. The van der Waals surface area contributed by atoms with Gasteiger partial charge >= 0.3 is 17.9 Å². The van der Waals surface area contributed by atoms with E-state index in [1.807, 2.05) is 0 Å². The van der Waals surface area contributed by atoms with Crippen LogP contribution < -0.4 is 91.6 Å². The van der Waals surface area contributed by atoms with E-state index in [2.05, 4.69) is 110 Å². The first-order valence-electron chi connectivity index (χ1n) is 41.2. The van der Waals surface area contributed by atoms with Crippen LogP contribution in [0.2, 0.25) is 0 Å². The normalized spacial score (nSPS) is 15.4. The van der Waals surface area contributed by atoms with Crippen LogP contribution in [0.25, 0.3) is 21.8 Å². The zero-order chi connectivity index (χ0) is 93.9. The number of nitrogens with two attached hydrogens (primary N) is 3. The molecule has 5 aromatic rings.